The van der Waals surface area contributed by atoms with E-state index in [0.29, 0.717) is 31.3 Å². The molecule has 6 atom stereocenters. The maximum atomic E-state index is 12.4. The van der Waals surface area contributed by atoms with Crippen LogP contribution in [0.25, 0.3) is 0 Å². The average Bonchev–Trinajstić information content (AvgIpc) is 3.12. The second-order valence-electron chi connectivity index (χ2n) is 7.23. The number of likely N-dealkylation sites (tertiary alicyclic amines) is 1. The number of carbonyl (C=O) groups excluding carboxylic acids is 3. The highest BCUT2D eigenvalue weighted by atomic mass is 16.7. The lowest BCUT2D eigenvalue weighted by molar-refractivity contribution is -0.178. The van der Waals surface area contributed by atoms with Crippen molar-refractivity contribution in [2.45, 2.75) is 44.8 Å². The number of rotatable bonds is 3. The van der Waals surface area contributed by atoms with Crippen molar-refractivity contribution in [3.63, 3.8) is 0 Å². The predicted octanol–water partition coefficient (Wildman–Crippen LogP) is 0.611. The molecule has 6 nitrogen and oxygen atoms in total. The fraction of sp³-hybridized carbons (Fsp3) is 0.812. The van der Waals surface area contributed by atoms with Gasteiger partial charge in [-0.1, -0.05) is 0 Å². The third-order valence-electron chi connectivity index (χ3n) is 6.13. The van der Waals surface area contributed by atoms with Crippen LogP contribution in [0.3, 0.4) is 0 Å². The molecule has 2 aliphatic heterocycles. The molecule has 0 aromatic rings. The van der Waals surface area contributed by atoms with E-state index in [1.165, 1.54) is 4.90 Å². The van der Waals surface area contributed by atoms with Gasteiger partial charge in [-0.3, -0.25) is 24.1 Å². The van der Waals surface area contributed by atoms with Gasteiger partial charge in [-0.15, -0.1) is 0 Å². The van der Waals surface area contributed by atoms with E-state index in [1.807, 2.05) is 5.06 Å². The Bertz CT molecular complexity index is 548. The highest BCUT2D eigenvalue weighted by Crippen LogP contribution is 2.56. The highest BCUT2D eigenvalue weighted by Gasteiger charge is 2.63. The summed E-state index contributed by atoms with van der Waals surface area (Å²) in [6.45, 7) is 2.22. The molecule has 4 rings (SSSR count). The lowest BCUT2D eigenvalue weighted by Gasteiger charge is -2.35. The van der Waals surface area contributed by atoms with Crippen LogP contribution >= 0.6 is 0 Å². The summed E-state index contributed by atoms with van der Waals surface area (Å²) >= 11 is 0. The Morgan fingerprint density at radius 3 is 2.77 bits per heavy atom. The molecule has 22 heavy (non-hydrogen) atoms. The zero-order valence-corrected chi connectivity index (χ0v) is 13.0. The molecule has 120 valence electrons. The normalized spacial score (nSPS) is 43.6. The number of Topliss-reactive ketones (excluding diaryl/α,β-unsaturated/α-hetero) is 1. The SMILES string of the molecule is CC(=O)CCN1O[C@@H]2C[C@@H]3C(=O)N(C)C(=O)[C@@H]3[C@@H]3CC[C@H]1[C@@H]32. The van der Waals surface area contributed by atoms with Gasteiger partial charge in [0.2, 0.25) is 11.8 Å². The first kappa shape index (κ1) is 14.3. The number of carbonyl (C=O) groups is 3. The van der Waals surface area contributed by atoms with Crippen molar-refractivity contribution in [3.05, 3.63) is 0 Å². The van der Waals surface area contributed by atoms with Gasteiger partial charge in [0, 0.05) is 32.0 Å². The van der Waals surface area contributed by atoms with Gasteiger partial charge >= 0.3 is 0 Å². The second kappa shape index (κ2) is 4.86. The number of amides is 2. The van der Waals surface area contributed by atoms with Gasteiger partial charge < -0.3 is 0 Å². The summed E-state index contributed by atoms with van der Waals surface area (Å²) < 4.78 is 0. The van der Waals surface area contributed by atoms with E-state index in [1.54, 1.807) is 14.0 Å². The van der Waals surface area contributed by atoms with Crippen molar-refractivity contribution < 1.29 is 19.2 Å². The summed E-state index contributed by atoms with van der Waals surface area (Å²) in [4.78, 5) is 43.3. The van der Waals surface area contributed by atoms with Gasteiger partial charge in [-0.05, 0) is 32.1 Å². The molecule has 0 N–H and O–H groups in total. The molecular weight excluding hydrogens is 284 g/mol. The first-order chi connectivity index (χ1) is 10.5. The smallest absolute Gasteiger partial charge is 0.233 e. The van der Waals surface area contributed by atoms with Crippen LogP contribution in [0.2, 0.25) is 0 Å². The molecule has 0 bridgehead atoms. The van der Waals surface area contributed by atoms with Gasteiger partial charge in [-0.2, -0.15) is 5.06 Å². The Morgan fingerprint density at radius 1 is 1.27 bits per heavy atom. The third-order valence-corrected chi connectivity index (χ3v) is 6.13. The number of fused-ring (bicyclic) bond motifs is 2. The summed E-state index contributed by atoms with van der Waals surface area (Å²) in [5.74, 6) is 0.394. The molecule has 0 radical (unpaired) electrons. The maximum absolute atomic E-state index is 12.4. The number of nitrogens with zero attached hydrogens (tertiary/aromatic N) is 2. The molecule has 2 saturated carbocycles. The fourth-order valence-electron chi connectivity index (χ4n) is 5.21. The molecule has 2 saturated heterocycles. The lowest BCUT2D eigenvalue weighted by Crippen LogP contribution is -2.42. The molecule has 4 aliphatic rings. The van der Waals surface area contributed by atoms with E-state index in [4.69, 9.17) is 4.84 Å². The number of ketones is 1. The van der Waals surface area contributed by atoms with Crippen LogP contribution in [-0.2, 0) is 19.2 Å². The zero-order valence-electron chi connectivity index (χ0n) is 13.0. The largest absolute Gasteiger partial charge is 0.300 e. The topological polar surface area (TPSA) is 66.9 Å². The van der Waals surface area contributed by atoms with Crippen LogP contribution in [0.15, 0.2) is 0 Å². The van der Waals surface area contributed by atoms with Crippen molar-refractivity contribution in [2.75, 3.05) is 13.6 Å². The molecule has 2 heterocycles. The fourth-order valence-corrected chi connectivity index (χ4v) is 5.21. The van der Waals surface area contributed by atoms with E-state index >= 15 is 0 Å². The minimum Gasteiger partial charge on any atom is -0.300 e. The number of hydrogen-bond acceptors (Lipinski definition) is 5. The van der Waals surface area contributed by atoms with Crippen molar-refractivity contribution in [2.24, 2.45) is 23.7 Å². The highest BCUT2D eigenvalue weighted by molar-refractivity contribution is 6.05. The predicted molar refractivity (Wildman–Crippen MR) is 76.3 cm³/mol. The molecule has 2 amide bonds. The zero-order chi connectivity index (χ0) is 15.6. The van der Waals surface area contributed by atoms with Gasteiger partial charge in [0.15, 0.2) is 0 Å². The minimum atomic E-state index is -0.199. The quantitative estimate of drug-likeness (QED) is 0.715. The van der Waals surface area contributed by atoms with E-state index in [2.05, 4.69) is 0 Å². The van der Waals surface area contributed by atoms with Gasteiger partial charge in [0.25, 0.3) is 0 Å². The van der Waals surface area contributed by atoms with Crippen molar-refractivity contribution in [3.8, 4) is 0 Å². The monoisotopic (exact) mass is 306 g/mol. The maximum Gasteiger partial charge on any atom is 0.233 e. The van der Waals surface area contributed by atoms with Crippen LogP contribution in [0.1, 0.15) is 32.6 Å². The summed E-state index contributed by atoms with van der Waals surface area (Å²) in [7, 11) is 1.60. The molecule has 0 aromatic carbocycles. The Labute approximate surface area is 129 Å². The van der Waals surface area contributed by atoms with E-state index in [9.17, 15) is 14.4 Å². The molecule has 0 unspecified atom stereocenters. The standard InChI is InChI=1S/C16H22N2O4/c1-8(19)5-6-18-11-4-3-9-13-10(7-12(22-18)14(9)11)15(20)17(2)16(13)21/h9-14H,3-7H2,1-2H3/t9-,10-,11-,12+,13+,14+/m0/s1. The van der Waals surface area contributed by atoms with Crippen LogP contribution in [-0.4, -0.2) is 53.3 Å². The van der Waals surface area contributed by atoms with Gasteiger partial charge in [-0.25, -0.2) is 0 Å². The van der Waals surface area contributed by atoms with Crippen molar-refractivity contribution >= 4 is 17.6 Å². The molecule has 4 fully saturated rings. The Balaban J connectivity index is 1.57. The number of hydrogen-bond donors (Lipinski definition) is 0. The lowest BCUT2D eigenvalue weighted by atomic mass is 9.67. The van der Waals surface area contributed by atoms with Crippen molar-refractivity contribution in [1.29, 1.82) is 0 Å². The van der Waals surface area contributed by atoms with Gasteiger partial charge in [0.1, 0.15) is 5.78 Å². The summed E-state index contributed by atoms with van der Waals surface area (Å²) in [5, 5.41) is 1.97. The Kier molecular flexibility index (Phi) is 3.17. The Hall–Kier alpha value is -1.27. The first-order valence-electron chi connectivity index (χ1n) is 8.23. The molecular formula is C16H22N2O4. The number of hydroxylamine groups is 2. The van der Waals surface area contributed by atoms with Crippen LogP contribution in [0.5, 0.6) is 0 Å². The first-order valence-corrected chi connectivity index (χ1v) is 8.23. The van der Waals surface area contributed by atoms with Crippen LogP contribution < -0.4 is 0 Å². The van der Waals surface area contributed by atoms with Crippen molar-refractivity contribution in [1.82, 2.24) is 9.96 Å². The van der Waals surface area contributed by atoms with Gasteiger partial charge in [0.05, 0.1) is 17.9 Å². The van der Waals surface area contributed by atoms with Crippen LogP contribution in [0, 0.1) is 23.7 Å². The number of imide groups is 1. The summed E-state index contributed by atoms with van der Waals surface area (Å²) in [5.41, 5.74) is 0. The van der Waals surface area contributed by atoms with E-state index < -0.39 is 0 Å². The van der Waals surface area contributed by atoms with Crippen LogP contribution in [0.4, 0.5) is 0 Å². The third kappa shape index (κ3) is 1.83. The molecule has 0 aromatic heterocycles. The second-order valence-corrected chi connectivity index (χ2v) is 7.23. The minimum absolute atomic E-state index is 0.00119. The van der Waals surface area contributed by atoms with E-state index in [0.717, 1.165) is 12.8 Å². The van der Waals surface area contributed by atoms with E-state index in [-0.39, 0.29) is 41.5 Å². The molecule has 0 spiro atoms. The summed E-state index contributed by atoms with van der Waals surface area (Å²) in [6.07, 6.45) is 3.16. The molecule has 6 heteroatoms. The Morgan fingerprint density at radius 2 is 2.05 bits per heavy atom. The molecule has 2 aliphatic carbocycles. The summed E-state index contributed by atoms with van der Waals surface area (Å²) in [6, 6.07) is 0.309. The average molecular weight is 306 g/mol.